The SMILES string of the molecule is Cc1cc(N[C@@H]2C[C@H]2c2ccc(F)cc2)nc(C)n1. The van der Waals surface area contributed by atoms with Crippen LogP contribution in [0.3, 0.4) is 0 Å². The maximum Gasteiger partial charge on any atom is 0.130 e. The highest BCUT2D eigenvalue weighted by Gasteiger charge is 2.38. The molecule has 0 aliphatic heterocycles. The van der Waals surface area contributed by atoms with E-state index in [4.69, 9.17) is 0 Å². The largest absolute Gasteiger partial charge is 0.367 e. The van der Waals surface area contributed by atoms with Gasteiger partial charge >= 0.3 is 0 Å². The van der Waals surface area contributed by atoms with Crippen molar-refractivity contribution in [3.05, 3.63) is 53.2 Å². The molecule has 0 saturated heterocycles. The second-order valence-corrected chi connectivity index (χ2v) is 5.09. The van der Waals surface area contributed by atoms with Gasteiger partial charge < -0.3 is 5.32 Å². The fraction of sp³-hybridized carbons (Fsp3) is 0.333. The van der Waals surface area contributed by atoms with Gasteiger partial charge in [-0.3, -0.25) is 0 Å². The van der Waals surface area contributed by atoms with Gasteiger partial charge in [-0.1, -0.05) is 12.1 Å². The Kier molecular flexibility index (Phi) is 2.93. The van der Waals surface area contributed by atoms with E-state index in [1.807, 2.05) is 32.0 Å². The molecule has 98 valence electrons. The van der Waals surface area contributed by atoms with E-state index in [-0.39, 0.29) is 5.82 Å². The lowest BCUT2D eigenvalue weighted by Crippen LogP contribution is -2.07. The van der Waals surface area contributed by atoms with Crippen molar-refractivity contribution in [3.63, 3.8) is 0 Å². The maximum atomic E-state index is 12.9. The minimum absolute atomic E-state index is 0.184. The summed E-state index contributed by atoms with van der Waals surface area (Å²) < 4.78 is 12.9. The Hall–Kier alpha value is -1.97. The lowest BCUT2D eigenvalue weighted by molar-refractivity contribution is 0.627. The second-order valence-electron chi connectivity index (χ2n) is 5.09. The van der Waals surface area contributed by atoms with Crippen LogP contribution in [0.15, 0.2) is 30.3 Å². The second kappa shape index (κ2) is 4.61. The number of hydrogen-bond donors (Lipinski definition) is 1. The number of anilines is 1. The number of aryl methyl sites for hydroxylation is 2. The Morgan fingerprint density at radius 3 is 2.58 bits per heavy atom. The van der Waals surface area contributed by atoms with Crippen LogP contribution >= 0.6 is 0 Å². The van der Waals surface area contributed by atoms with Crippen LogP contribution in [-0.4, -0.2) is 16.0 Å². The van der Waals surface area contributed by atoms with Gasteiger partial charge in [-0.05, 0) is 38.0 Å². The molecule has 0 radical (unpaired) electrons. The fourth-order valence-electron chi connectivity index (χ4n) is 2.41. The zero-order valence-corrected chi connectivity index (χ0v) is 11.0. The van der Waals surface area contributed by atoms with Crippen LogP contribution in [0.2, 0.25) is 0 Å². The lowest BCUT2D eigenvalue weighted by Gasteiger charge is -2.07. The van der Waals surface area contributed by atoms with Gasteiger partial charge in [-0.2, -0.15) is 0 Å². The molecule has 0 spiro atoms. The first-order valence-electron chi connectivity index (χ1n) is 6.46. The van der Waals surface area contributed by atoms with Crippen molar-refractivity contribution in [2.75, 3.05) is 5.32 Å². The molecule has 1 aromatic carbocycles. The third kappa shape index (κ3) is 2.72. The Morgan fingerprint density at radius 2 is 1.89 bits per heavy atom. The van der Waals surface area contributed by atoms with E-state index in [2.05, 4.69) is 15.3 Å². The number of aromatic nitrogens is 2. The highest BCUT2D eigenvalue weighted by atomic mass is 19.1. The van der Waals surface area contributed by atoms with Crippen molar-refractivity contribution < 1.29 is 4.39 Å². The summed E-state index contributed by atoms with van der Waals surface area (Å²) in [6, 6.07) is 9.09. The van der Waals surface area contributed by atoms with Gasteiger partial charge in [0, 0.05) is 23.7 Å². The maximum absolute atomic E-state index is 12.9. The molecule has 1 heterocycles. The van der Waals surface area contributed by atoms with Crippen molar-refractivity contribution in [2.45, 2.75) is 32.2 Å². The van der Waals surface area contributed by atoms with Crippen LogP contribution in [0.1, 0.15) is 29.4 Å². The molecule has 1 saturated carbocycles. The molecule has 4 heteroatoms. The van der Waals surface area contributed by atoms with Crippen LogP contribution in [0, 0.1) is 19.7 Å². The Morgan fingerprint density at radius 1 is 1.16 bits per heavy atom. The van der Waals surface area contributed by atoms with E-state index in [0.29, 0.717) is 12.0 Å². The summed E-state index contributed by atoms with van der Waals surface area (Å²) in [5, 5.41) is 3.42. The highest BCUT2D eigenvalue weighted by molar-refractivity contribution is 5.42. The lowest BCUT2D eigenvalue weighted by atomic mass is 10.1. The molecule has 2 aromatic rings. The topological polar surface area (TPSA) is 37.8 Å². The summed E-state index contributed by atoms with van der Waals surface area (Å²) in [4.78, 5) is 8.63. The van der Waals surface area contributed by atoms with Crippen LogP contribution in [-0.2, 0) is 0 Å². The van der Waals surface area contributed by atoms with E-state index in [9.17, 15) is 4.39 Å². The Labute approximate surface area is 111 Å². The fourth-order valence-corrected chi connectivity index (χ4v) is 2.41. The van der Waals surface area contributed by atoms with Gasteiger partial charge in [0.1, 0.15) is 17.5 Å². The zero-order chi connectivity index (χ0) is 13.4. The van der Waals surface area contributed by atoms with Crippen molar-refractivity contribution in [1.82, 2.24) is 9.97 Å². The first-order valence-corrected chi connectivity index (χ1v) is 6.46. The molecular weight excluding hydrogens is 241 g/mol. The average Bonchev–Trinajstić information content (AvgIpc) is 3.08. The molecule has 2 atom stereocenters. The number of nitrogens with one attached hydrogen (secondary N) is 1. The molecule has 0 unspecified atom stereocenters. The monoisotopic (exact) mass is 257 g/mol. The van der Waals surface area contributed by atoms with Crippen LogP contribution in [0.5, 0.6) is 0 Å². The standard InChI is InChI=1S/C15H16FN3/c1-9-7-15(18-10(2)17-9)19-14-8-13(14)11-3-5-12(16)6-4-11/h3-7,13-14H,8H2,1-2H3,(H,17,18,19)/t13-,14+/m0/s1. The van der Waals surface area contributed by atoms with Gasteiger partial charge in [-0.15, -0.1) is 0 Å². The molecular formula is C15H16FN3. The van der Waals surface area contributed by atoms with Crippen LogP contribution < -0.4 is 5.32 Å². The van der Waals surface area contributed by atoms with Crippen LogP contribution in [0.4, 0.5) is 10.2 Å². The molecule has 1 fully saturated rings. The molecule has 19 heavy (non-hydrogen) atoms. The van der Waals surface area contributed by atoms with E-state index >= 15 is 0 Å². The normalized spacial score (nSPS) is 21.2. The van der Waals surface area contributed by atoms with E-state index in [0.717, 1.165) is 23.8 Å². The van der Waals surface area contributed by atoms with Gasteiger partial charge in [0.15, 0.2) is 0 Å². The van der Waals surface area contributed by atoms with Gasteiger partial charge in [0.25, 0.3) is 0 Å². The first-order chi connectivity index (χ1) is 9.11. The summed E-state index contributed by atoms with van der Waals surface area (Å²) in [7, 11) is 0. The zero-order valence-electron chi connectivity index (χ0n) is 11.0. The smallest absolute Gasteiger partial charge is 0.130 e. The van der Waals surface area contributed by atoms with E-state index < -0.39 is 0 Å². The summed E-state index contributed by atoms with van der Waals surface area (Å²) in [5.74, 6) is 1.92. The number of benzene rings is 1. The first kappa shape index (κ1) is 12.1. The summed E-state index contributed by atoms with van der Waals surface area (Å²) in [5.41, 5.74) is 2.15. The minimum Gasteiger partial charge on any atom is -0.367 e. The number of rotatable bonds is 3. The van der Waals surface area contributed by atoms with Crippen molar-refractivity contribution >= 4 is 5.82 Å². The van der Waals surface area contributed by atoms with Crippen molar-refractivity contribution in [2.24, 2.45) is 0 Å². The van der Waals surface area contributed by atoms with E-state index in [1.54, 1.807) is 0 Å². The molecule has 1 aliphatic rings. The molecule has 0 bridgehead atoms. The number of halogens is 1. The van der Waals surface area contributed by atoms with Crippen molar-refractivity contribution in [1.29, 1.82) is 0 Å². The molecule has 1 aromatic heterocycles. The Bertz CT molecular complexity index is 575. The van der Waals surface area contributed by atoms with Crippen molar-refractivity contribution in [3.8, 4) is 0 Å². The summed E-state index contributed by atoms with van der Waals surface area (Å²) in [6.45, 7) is 3.85. The summed E-state index contributed by atoms with van der Waals surface area (Å²) >= 11 is 0. The van der Waals surface area contributed by atoms with Gasteiger partial charge in [0.2, 0.25) is 0 Å². The third-order valence-corrected chi connectivity index (χ3v) is 3.39. The predicted molar refractivity (Wildman–Crippen MR) is 72.7 cm³/mol. The highest BCUT2D eigenvalue weighted by Crippen LogP contribution is 2.42. The Balaban J connectivity index is 1.68. The molecule has 3 nitrogen and oxygen atoms in total. The molecule has 1 N–H and O–H groups in total. The number of nitrogens with zero attached hydrogens (tertiary/aromatic N) is 2. The molecule has 1 aliphatic carbocycles. The quantitative estimate of drug-likeness (QED) is 0.917. The predicted octanol–water partition coefficient (Wildman–Crippen LogP) is 3.20. The van der Waals surface area contributed by atoms with Crippen LogP contribution in [0.25, 0.3) is 0 Å². The van der Waals surface area contributed by atoms with Gasteiger partial charge in [-0.25, -0.2) is 14.4 Å². The van der Waals surface area contributed by atoms with Gasteiger partial charge in [0.05, 0.1) is 0 Å². The van der Waals surface area contributed by atoms with E-state index in [1.165, 1.54) is 17.7 Å². The molecule has 3 rings (SSSR count). The minimum atomic E-state index is -0.184. The molecule has 0 amide bonds. The average molecular weight is 257 g/mol. The summed E-state index contributed by atoms with van der Waals surface area (Å²) in [6.07, 6.45) is 1.06. The third-order valence-electron chi connectivity index (χ3n) is 3.39. The number of hydrogen-bond acceptors (Lipinski definition) is 3.